The molecule has 0 bridgehead atoms. The van der Waals surface area contributed by atoms with E-state index < -0.39 is 5.91 Å². The van der Waals surface area contributed by atoms with Crippen molar-refractivity contribution in [3.8, 4) is 11.5 Å². The van der Waals surface area contributed by atoms with E-state index in [1.807, 2.05) is 30.3 Å². The molecule has 0 aliphatic rings. The van der Waals surface area contributed by atoms with Gasteiger partial charge in [0, 0.05) is 16.8 Å². The maximum Gasteiger partial charge on any atom is 0.293 e. The second kappa shape index (κ2) is 6.27. The number of hydrogen-bond acceptors (Lipinski definition) is 4. The first kappa shape index (κ1) is 14.7. The predicted octanol–water partition coefficient (Wildman–Crippen LogP) is 3.80. The molecule has 0 atom stereocenters. The summed E-state index contributed by atoms with van der Waals surface area (Å²) in [5.74, 6) is 0.0119. The van der Waals surface area contributed by atoms with Gasteiger partial charge in [-0.2, -0.15) is 0 Å². The van der Waals surface area contributed by atoms with Crippen LogP contribution in [0, 0.1) is 0 Å². The Morgan fingerprint density at radius 2 is 1.83 bits per heavy atom. The Labute approximate surface area is 133 Å². The molecule has 0 aliphatic carbocycles. The molecule has 0 unspecified atom stereocenters. The summed E-state index contributed by atoms with van der Waals surface area (Å²) >= 11 is 0. The predicted molar refractivity (Wildman–Crippen MR) is 86.3 cm³/mol. The van der Waals surface area contributed by atoms with Crippen LogP contribution in [-0.2, 0) is 0 Å². The van der Waals surface area contributed by atoms with Gasteiger partial charge in [-0.05, 0) is 31.2 Å². The fraction of sp³-hybridized carbons (Fsp3) is 0.0556. The molecule has 1 amide bonds. The molecule has 5 heteroatoms. The van der Waals surface area contributed by atoms with E-state index >= 15 is 0 Å². The number of nitrogens with one attached hydrogen (secondary N) is 1. The van der Waals surface area contributed by atoms with Gasteiger partial charge in [0.25, 0.3) is 5.91 Å². The number of amides is 1. The Morgan fingerprint density at radius 1 is 1.04 bits per heavy atom. The number of carbonyl (C=O) groups excluding carboxylic acids is 2. The first-order chi connectivity index (χ1) is 11.1. The molecule has 3 rings (SSSR count). The first-order valence-corrected chi connectivity index (χ1v) is 7.07. The lowest BCUT2D eigenvalue weighted by Crippen LogP contribution is -2.11. The van der Waals surface area contributed by atoms with Crippen LogP contribution in [-0.4, -0.2) is 16.7 Å². The molecular weight excluding hydrogens is 292 g/mol. The lowest BCUT2D eigenvalue weighted by molar-refractivity contribution is 0.0992. The number of oxazole rings is 1. The second-order valence-corrected chi connectivity index (χ2v) is 4.99. The van der Waals surface area contributed by atoms with Crippen molar-refractivity contribution in [2.24, 2.45) is 0 Å². The van der Waals surface area contributed by atoms with Crippen LogP contribution in [0.4, 0.5) is 5.69 Å². The first-order valence-electron chi connectivity index (χ1n) is 7.07. The van der Waals surface area contributed by atoms with Crippen molar-refractivity contribution in [3.63, 3.8) is 0 Å². The van der Waals surface area contributed by atoms with E-state index in [1.54, 1.807) is 24.3 Å². The highest BCUT2D eigenvalue weighted by Gasteiger charge is 2.14. The third-order valence-electron chi connectivity index (χ3n) is 3.28. The minimum atomic E-state index is -0.416. The van der Waals surface area contributed by atoms with Crippen molar-refractivity contribution >= 4 is 17.4 Å². The summed E-state index contributed by atoms with van der Waals surface area (Å²) < 4.78 is 5.49. The van der Waals surface area contributed by atoms with Crippen LogP contribution in [0.2, 0.25) is 0 Å². The number of Topliss-reactive ketones (excluding diaryl/α,β-unsaturated/α-hetero) is 1. The molecule has 1 N–H and O–H groups in total. The number of nitrogens with zero attached hydrogens (tertiary/aromatic N) is 1. The normalized spacial score (nSPS) is 10.3. The minimum Gasteiger partial charge on any atom is -0.431 e. The molecule has 2 aromatic carbocycles. The smallest absolute Gasteiger partial charge is 0.293 e. The Morgan fingerprint density at radius 3 is 2.57 bits per heavy atom. The molecule has 0 spiro atoms. The molecule has 23 heavy (non-hydrogen) atoms. The fourth-order valence-electron chi connectivity index (χ4n) is 2.10. The van der Waals surface area contributed by atoms with Crippen LogP contribution < -0.4 is 5.32 Å². The topological polar surface area (TPSA) is 72.2 Å². The fourth-order valence-corrected chi connectivity index (χ4v) is 2.10. The number of hydrogen-bond donors (Lipinski definition) is 1. The van der Waals surface area contributed by atoms with Crippen molar-refractivity contribution in [1.29, 1.82) is 0 Å². The lowest BCUT2D eigenvalue weighted by Gasteiger charge is -2.04. The van der Waals surface area contributed by atoms with Gasteiger partial charge in [0.2, 0.25) is 11.7 Å². The molecule has 0 saturated carbocycles. The van der Waals surface area contributed by atoms with E-state index in [1.165, 1.54) is 13.1 Å². The van der Waals surface area contributed by atoms with Crippen LogP contribution in [0.3, 0.4) is 0 Å². The van der Waals surface area contributed by atoms with Crippen LogP contribution in [0.1, 0.15) is 27.8 Å². The maximum absolute atomic E-state index is 12.2. The summed E-state index contributed by atoms with van der Waals surface area (Å²) in [6, 6.07) is 16.1. The highest BCUT2D eigenvalue weighted by atomic mass is 16.4. The Hall–Kier alpha value is -3.21. The van der Waals surface area contributed by atoms with E-state index in [2.05, 4.69) is 10.3 Å². The van der Waals surface area contributed by atoms with Gasteiger partial charge in [0.05, 0.1) is 6.20 Å². The molecule has 1 aromatic heterocycles. The van der Waals surface area contributed by atoms with E-state index in [0.717, 1.165) is 5.56 Å². The summed E-state index contributed by atoms with van der Waals surface area (Å²) in [6.07, 6.45) is 1.38. The van der Waals surface area contributed by atoms with Gasteiger partial charge in [0.1, 0.15) is 0 Å². The van der Waals surface area contributed by atoms with Gasteiger partial charge in [-0.15, -0.1) is 0 Å². The van der Waals surface area contributed by atoms with Crippen molar-refractivity contribution < 1.29 is 14.0 Å². The number of benzene rings is 2. The molecule has 0 saturated heterocycles. The number of aromatic nitrogens is 1. The average Bonchev–Trinajstić information content (AvgIpc) is 3.06. The molecule has 0 aliphatic heterocycles. The summed E-state index contributed by atoms with van der Waals surface area (Å²) in [7, 11) is 0. The Bertz CT molecular complexity index is 853. The largest absolute Gasteiger partial charge is 0.431 e. The standard InChI is InChI=1S/C18H14N2O3/c1-12(21)14-8-5-9-15(10-14)20-17(22)16-11-19-18(23-16)13-6-3-2-4-7-13/h2-11H,1H3,(H,20,22). The average molecular weight is 306 g/mol. The number of ketones is 1. The van der Waals surface area contributed by atoms with Crippen molar-refractivity contribution in [2.45, 2.75) is 6.92 Å². The third-order valence-corrected chi connectivity index (χ3v) is 3.28. The zero-order chi connectivity index (χ0) is 16.2. The molecule has 114 valence electrons. The Kier molecular flexibility index (Phi) is 4.01. The summed E-state index contributed by atoms with van der Waals surface area (Å²) in [4.78, 5) is 27.7. The highest BCUT2D eigenvalue weighted by Crippen LogP contribution is 2.19. The van der Waals surface area contributed by atoms with Gasteiger partial charge < -0.3 is 9.73 Å². The third kappa shape index (κ3) is 3.35. The molecule has 0 radical (unpaired) electrons. The van der Waals surface area contributed by atoms with Crippen molar-refractivity contribution in [2.75, 3.05) is 5.32 Å². The van der Waals surface area contributed by atoms with E-state index in [9.17, 15) is 9.59 Å². The van der Waals surface area contributed by atoms with Gasteiger partial charge in [-0.3, -0.25) is 9.59 Å². The molecular formula is C18H14N2O3. The molecule has 1 heterocycles. The summed E-state index contributed by atoms with van der Waals surface area (Å²) in [5, 5.41) is 2.69. The number of anilines is 1. The van der Waals surface area contributed by atoms with Crippen LogP contribution in [0.25, 0.3) is 11.5 Å². The van der Waals surface area contributed by atoms with Gasteiger partial charge in [-0.25, -0.2) is 4.98 Å². The zero-order valence-corrected chi connectivity index (χ0v) is 12.4. The summed E-state index contributed by atoms with van der Waals surface area (Å²) in [5.41, 5.74) is 1.86. The molecule has 5 nitrogen and oxygen atoms in total. The van der Waals surface area contributed by atoms with Crippen LogP contribution in [0.5, 0.6) is 0 Å². The van der Waals surface area contributed by atoms with Crippen molar-refractivity contribution in [1.82, 2.24) is 4.98 Å². The minimum absolute atomic E-state index is 0.0628. The van der Waals surface area contributed by atoms with Gasteiger partial charge in [-0.1, -0.05) is 30.3 Å². The van der Waals surface area contributed by atoms with Crippen molar-refractivity contribution in [3.05, 3.63) is 72.1 Å². The quantitative estimate of drug-likeness (QED) is 0.744. The zero-order valence-electron chi connectivity index (χ0n) is 12.4. The lowest BCUT2D eigenvalue weighted by atomic mass is 10.1. The number of rotatable bonds is 4. The van der Waals surface area contributed by atoms with Gasteiger partial charge in [0.15, 0.2) is 5.78 Å². The van der Waals surface area contributed by atoms with E-state index in [4.69, 9.17) is 4.42 Å². The molecule has 3 aromatic rings. The van der Waals surface area contributed by atoms with Crippen LogP contribution in [0.15, 0.2) is 65.2 Å². The SMILES string of the molecule is CC(=O)c1cccc(NC(=O)c2cnc(-c3ccccc3)o2)c1. The van der Waals surface area contributed by atoms with Crippen LogP contribution >= 0.6 is 0 Å². The second-order valence-electron chi connectivity index (χ2n) is 4.99. The highest BCUT2D eigenvalue weighted by molar-refractivity contribution is 6.03. The maximum atomic E-state index is 12.2. The summed E-state index contributed by atoms with van der Waals surface area (Å²) in [6.45, 7) is 1.48. The Balaban J connectivity index is 1.78. The van der Waals surface area contributed by atoms with Gasteiger partial charge >= 0.3 is 0 Å². The van der Waals surface area contributed by atoms with E-state index in [0.29, 0.717) is 17.1 Å². The van der Waals surface area contributed by atoms with E-state index in [-0.39, 0.29) is 11.5 Å². The number of carbonyl (C=O) groups is 2. The molecule has 0 fully saturated rings. The monoisotopic (exact) mass is 306 g/mol.